The van der Waals surface area contributed by atoms with Crippen LogP contribution in [0.15, 0.2) is 48.5 Å². The summed E-state index contributed by atoms with van der Waals surface area (Å²) in [7, 11) is 0. The molecule has 3 aromatic rings. The van der Waals surface area contributed by atoms with Crippen molar-refractivity contribution >= 4 is 34.6 Å². The lowest BCUT2D eigenvalue weighted by Gasteiger charge is -2.13. The lowest BCUT2D eigenvalue weighted by molar-refractivity contribution is -0.143. The van der Waals surface area contributed by atoms with Gasteiger partial charge >= 0.3 is 5.97 Å². The van der Waals surface area contributed by atoms with Crippen molar-refractivity contribution in [3.63, 3.8) is 0 Å². The SMILES string of the molecule is O=C(CCNC(=O)c1n[nH]c2ccccc12)OCCCN1C(=O)c2ccccc2C1=O. The van der Waals surface area contributed by atoms with Crippen LogP contribution in [-0.2, 0) is 9.53 Å². The van der Waals surface area contributed by atoms with E-state index in [1.54, 1.807) is 30.3 Å². The van der Waals surface area contributed by atoms with Crippen molar-refractivity contribution in [2.24, 2.45) is 0 Å². The third-order valence-electron chi connectivity index (χ3n) is 4.97. The van der Waals surface area contributed by atoms with Gasteiger partial charge in [-0.1, -0.05) is 30.3 Å². The first-order chi connectivity index (χ1) is 15.1. The lowest BCUT2D eigenvalue weighted by Crippen LogP contribution is -2.31. The fourth-order valence-corrected chi connectivity index (χ4v) is 3.42. The summed E-state index contributed by atoms with van der Waals surface area (Å²) in [5.74, 6) is -1.52. The number of aromatic nitrogens is 2. The number of rotatable bonds is 8. The summed E-state index contributed by atoms with van der Waals surface area (Å²) in [5.41, 5.74) is 1.81. The zero-order valence-electron chi connectivity index (χ0n) is 16.6. The van der Waals surface area contributed by atoms with Crippen LogP contribution in [0.2, 0.25) is 0 Å². The van der Waals surface area contributed by atoms with Gasteiger partial charge in [0.1, 0.15) is 0 Å². The smallest absolute Gasteiger partial charge is 0.307 e. The Labute approximate surface area is 177 Å². The number of nitrogens with zero attached hydrogens (tertiary/aromatic N) is 2. The van der Waals surface area contributed by atoms with Crippen LogP contribution in [0.4, 0.5) is 0 Å². The zero-order chi connectivity index (χ0) is 21.8. The molecule has 1 aliphatic rings. The summed E-state index contributed by atoms with van der Waals surface area (Å²) < 4.78 is 5.13. The van der Waals surface area contributed by atoms with Gasteiger partial charge in [0.2, 0.25) is 0 Å². The summed E-state index contributed by atoms with van der Waals surface area (Å²) in [5, 5.41) is 10.1. The quantitative estimate of drug-likeness (QED) is 0.326. The highest BCUT2D eigenvalue weighted by Gasteiger charge is 2.34. The molecule has 2 N–H and O–H groups in total. The van der Waals surface area contributed by atoms with Crippen LogP contribution < -0.4 is 5.32 Å². The molecule has 0 fully saturated rings. The maximum absolute atomic E-state index is 12.3. The summed E-state index contributed by atoms with van der Waals surface area (Å²) in [4.78, 5) is 49.8. The highest BCUT2D eigenvalue weighted by Crippen LogP contribution is 2.22. The molecule has 0 aliphatic carbocycles. The van der Waals surface area contributed by atoms with Crippen LogP contribution in [-0.4, -0.2) is 58.5 Å². The summed E-state index contributed by atoms with van der Waals surface area (Å²) >= 11 is 0. The van der Waals surface area contributed by atoms with Crippen molar-refractivity contribution in [2.45, 2.75) is 12.8 Å². The minimum Gasteiger partial charge on any atom is -0.466 e. The molecular weight excluding hydrogens is 400 g/mol. The predicted octanol–water partition coefficient (Wildman–Crippen LogP) is 1.91. The molecule has 31 heavy (non-hydrogen) atoms. The van der Waals surface area contributed by atoms with Gasteiger partial charge in [0, 0.05) is 18.5 Å². The lowest BCUT2D eigenvalue weighted by atomic mass is 10.1. The van der Waals surface area contributed by atoms with E-state index in [2.05, 4.69) is 15.5 Å². The number of para-hydroxylation sites is 1. The Morgan fingerprint density at radius 3 is 2.42 bits per heavy atom. The van der Waals surface area contributed by atoms with Crippen molar-refractivity contribution in [3.05, 3.63) is 65.4 Å². The molecule has 0 atom stereocenters. The first kappa shape index (κ1) is 20.3. The zero-order valence-corrected chi connectivity index (χ0v) is 16.6. The molecule has 0 unspecified atom stereocenters. The van der Waals surface area contributed by atoms with Gasteiger partial charge in [0.05, 0.1) is 29.7 Å². The van der Waals surface area contributed by atoms with E-state index in [4.69, 9.17) is 4.74 Å². The van der Waals surface area contributed by atoms with E-state index < -0.39 is 5.97 Å². The van der Waals surface area contributed by atoms with Crippen molar-refractivity contribution in [1.29, 1.82) is 0 Å². The Balaban J connectivity index is 1.16. The molecular formula is C22H20N4O5. The fourth-order valence-electron chi connectivity index (χ4n) is 3.42. The van der Waals surface area contributed by atoms with E-state index in [-0.39, 0.29) is 49.5 Å². The first-order valence-corrected chi connectivity index (χ1v) is 9.88. The summed E-state index contributed by atoms with van der Waals surface area (Å²) in [6.45, 7) is 0.351. The monoisotopic (exact) mass is 420 g/mol. The predicted molar refractivity (Wildman–Crippen MR) is 110 cm³/mol. The average Bonchev–Trinajstić information content (AvgIpc) is 3.32. The van der Waals surface area contributed by atoms with Crippen LogP contribution in [0, 0.1) is 0 Å². The number of hydrogen-bond donors (Lipinski definition) is 2. The average molecular weight is 420 g/mol. The number of fused-ring (bicyclic) bond motifs is 2. The second-order valence-corrected chi connectivity index (χ2v) is 7.01. The summed E-state index contributed by atoms with van der Waals surface area (Å²) in [6, 6.07) is 13.9. The second-order valence-electron chi connectivity index (χ2n) is 7.01. The molecule has 0 bridgehead atoms. The van der Waals surface area contributed by atoms with Gasteiger partial charge in [-0.15, -0.1) is 0 Å². The largest absolute Gasteiger partial charge is 0.466 e. The summed E-state index contributed by atoms with van der Waals surface area (Å²) in [6.07, 6.45) is 0.337. The molecule has 1 aromatic heterocycles. The second kappa shape index (κ2) is 8.78. The number of hydrogen-bond acceptors (Lipinski definition) is 6. The van der Waals surface area contributed by atoms with Crippen molar-refractivity contribution in [2.75, 3.05) is 19.7 Å². The van der Waals surface area contributed by atoms with Gasteiger partial charge in [0.15, 0.2) is 5.69 Å². The number of ether oxygens (including phenoxy) is 1. The molecule has 1 aliphatic heterocycles. The van der Waals surface area contributed by atoms with Crippen LogP contribution in [0.5, 0.6) is 0 Å². The number of benzene rings is 2. The van der Waals surface area contributed by atoms with Crippen molar-refractivity contribution in [3.8, 4) is 0 Å². The third-order valence-corrected chi connectivity index (χ3v) is 4.97. The molecule has 3 amide bonds. The van der Waals surface area contributed by atoms with Crippen LogP contribution in [0.1, 0.15) is 44.0 Å². The Morgan fingerprint density at radius 2 is 1.68 bits per heavy atom. The Kier molecular flexibility index (Phi) is 5.74. The molecule has 2 heterocycles. The van der Waals surface area contributed by atoms with Gasteiger partial charge in [-0.25, -0.2) is 0 Å². The number of imide groups is 1. The maximum Gasteiger partial charge on any atom is 0.307 e. The minimum atomic E-state index is -0.477. The Hall–Kier alpha value is -4.01. The number of carbonyl (C=O) groups is 4. The molecule has 4 rings (SSSR count). The van der Waals surface area contributed by atoms with Gasteiger partial charge in [-0.05, 0) is 24.6 Å². The van der Waals surface area contributed by atoms with Crippen LogP contribution in [0.3, 0.4) is 0 Å². The molecule has 0 spiro atoms. The fraction of sp³-hybridized carbons (Fsp3) is 0.227. The third kappa shape index (κ3) is 4.16. The normalized spacial score (nSPS) is 12.8. The van der Waals surface area contributed by atoms with Gasteiger partial charge < -0.3 is 10.1 Å². The number of esters is 1. The van der Waals surface area contributed by atoms with E-state index in [1.165, 1.54) is 0 Å². The molecule has 0 radical (unpaired) electrons. The Morgan fingerprint density at radius 1 is 1.00 bits per heavy atom. The van der Waals surface area contributed by atoms with E-state index in [1.807, 2.05) is 18.2 Å². The van der Waals surface area contributed by atoms with E-state index in [9.17, 15) is 19.2 Å². The van der Waals surface area contributed by atoms with Crippen molar-refractivity contribution < 1.29 is 23.9 Å². The van der Waals surface area contributed by atoms with E-state index in [0.29, 0.717) is 22.9 Å². The van der Waals surface area contributed by atoms with E-state index in [0.717, 1.165) is 10.4 Å². The molecule has 158 valence electrons. The molecule has 0 saturated carbocycles. The topological polar surface area (TPSA) is 121 Å². The van der Waals surface area contributed by atoms with Crippen LogP contribution in [0.25, 0.3) is 10.9 Å². The number of nitrogens with one attached hydrogen (secondary N) is 2. The molecule has 2 aromatic carbocycles. The first-order valence-electron chi connectivity index (χ1n) is 9.88. The molecule has 9 heteroatoms. The standard InChI is InChI=1S/C22H20N4O5/c27-18(10-11-23-20(28)19-16-8-3-4-9-17(16)24-25-19)31-13-5-12-26-21(29)14-6-1-2-7-15(14)22(26)30/h1-4,6-9H,5,10-13H2,(H,23,28)(H,24,25). The number of carbonyl (C=O) groups excluding carboxylic acids is 4. The van der Waals surface area contributed by atoms with Crippen LogP contribution >= 0.6 is 0 Å². The van der Waals surface area contributed by atoms with Gasteiger partial charge in [-0.3, -0.25) is 29.2 Å². The Bertz CT molecular complexity index is 1130. The van der Waals surface area contributed by atoms with Crippen molar-refractivity contribution in [1.82, 2.24) is 20.4 Å². The number of aromatic amines is 1. The van der Waals surface area contributed by atoms with Gasteiger partial charge in [0.25, 0.3) is 17.7 Å². The minimum absolute atomic E-state index is 0.00110. The van der Waals surface area contributed by atoms with Gasteiger partial charge in [-0.2, -0.15) is 5.10 Å². The molecule has 0 saturated heterocycles. The maximum atomic E-state index is 12.3. The number of amides is 3. The highest BCUT2D eigenvalue weighted by molar-refractivity contribution is 6.21. The molecule has 9 nitrogen and oxygen atoms in total. The van der Waals surface area contributed by atoms with E-state index >= 15 is 0 Å². The highest BCUT2D eigenvalue weighted by atomic mass is 16.5. The number of H-pyrrole nitrogens is 1.